The first kappa shape index (κ1) is 20.6. The first-order valence-corrected chi connectivity index (χ1v) is 11.4. The zero-order valence-electron chi connectivity index (χ0n) is 16.9. The van der Waals surface area contributed by atoms with Crippen LogP contribution < -0.4 is 11.1 Å². The van der Waals surface area contributed by atoms with Crippen molar-refractivity contribution in [2.75, 3.05) is 45.0 Å². The third-order valence-electron chi connectivity index (χ3n) is 5.55. The summed E-state index contributed by atoms with van der Waals surface area (Å²) in [6.45, 7) is 5.34. The predicted octanol–water partition coefficient (Wildman–Crippen LogP) is 1.88. The Morgan fingerprint density at radius 3 is 2.57 bits per heavy atom. The van der Waals surface area contributed by atoms with Gasteiger partial charge < -0.3 is 16.0 Å². The fourth-order valence-corrected chi connectivity index (χ4v) is 4.86. The van der Waals surface area contributed by atoms with Gasteiger partial charge in [0.05, 0.1) is 10.5 Å². The summed E-state index contributed by atoms with van der Waals surface area (Å²) in [5.41, 5.74) is 7.88. The Morgan fingerprint density at radius 1 is 1.03 bits per heavy atom. The van der Waals surface area contributed by atoms with E-state index in [1.54, 1.807) is 12.1 Å². The number of nitrogens with one attached hydrogen (secondary N) is 1. The number of nitrogens with zero attached hydrogens (tertiary/aromatic N) is 3. The minimum atomic E-state index is -1.27. The van der Waals surface area contributed by atoms with Crippen LogP contribution in [0.15, 0.2) is 57.8 Å². The first-order chi connectivity index (χ1) is 14.6. The molecule has 1 saturated heterocycles. The predicted molar refractivity (Wildman–Crippen MR) is 120 cm³/mol. The number of hydrogen-bond donors (Lipinski definition) is 2. The van der Waals surface area contributed by atoms with E-state index in [9.17, 15) is 9.00 Å². The first-order valence-electron chi connectivity index (χ1n) is 10.3. The van der Waals surface area contributed by atoms with Gasteiger partial charge in [-0.15, -0.1) is 0 Å². The van der Waals surface area contributed by atoms with Crippen LogP contribution in [0.3, 0.4) is 0 Å². The van der Waals surface area contributed by atoms with Gasteiger partial charge >= 0.3 is 0 Å². The number of anilines is 1. The molecule has 0 saturated carbocycles. The van der Waals surface area contributed by atoms with Crippen molar-refractivity contribution in [2.24, 2.45) is 4.40 Å². The zero-order chi connectivity index (χ0) is 20.9. The van der Waals surface area contributed by atoms with Gasteiger partial charge in [-0.05, 0) is 43.7 Å². The van der Waals surface area contributed by atoms with Gasteiger partial charge in [0, 0.05) is 44.0 Å². The maximum absolute atomic E-state index is 12.2. The molecule has 8 heteroatoms. The number of amidine groups is 1. The maximum atomic E-state index is 12.2. The topological polar surface area (TPSA) is 91.0 Å². The van der Waals surface area contributed by atoms with Crippen molar-refractivity contribution in [3.63, 3.8) is 0 Å². The highest BCUT2D eigenvalue weighted by atomic mass is 32.2. The minimum absolute atomic E-state index is 0.114. The van der Waals surface area contributed by atoms with Gasteiger partial charge in [-0.3, -0.25) is 9.69 Å². The summed E-state index contributed by atoms with van der Waals surface area (Å²) in [7, 11) is -1.27. The molecule has 2 aliphatic rings. The monoisotopic (exact) mass is 425 g/mol. The lowest BCUT2D eigenvalue weighted by Gasteiger charge is -2.35. The van der Waals surface area contributed by atoms with Gasteiger partial charge in [-0.25, -0.2) is 4.21 Å². The van der Waals surface area contributed by atoms with E-state index in [0.29, 0.717) is 17.8 Å². The molecule has 2 aliphatic heterocycles. The Labute approximate surface area is 179 Å². The summed E-state index contributed by atoms with van der Waals surface area (Å²) in [5.74, 6) is 0.753. The second kappa shape index (κ2) is 9.40. The van der Waals surface area contributed by atoms with Gasteiger partial charge in [0.25, 0.3) is 5.91 Å². The van der Waals surface area contributed by atoms with E-state index in [2.05, 4.69) is 19.5 Å². The van der Waals surface area contributed by atoms with Crippen LogP contribution in [0.25, 0.3) is 0 Å². The van der Waals surface area contributed by atoms with Crippen LogP contribution in [0.2, 0.25) is 0 Å². The van der Waals surface area contributed by atoms with Crippen molar-refractivity contribution in [3.05, 3.63) is 59.7 Å². The number of nitrogens with two attached hydrogens (primary N) is 1. The maximum Gasteiger partial charge on any atom is 0.253 e. The third-order valence-corrected chi connectivity index (χ3v) is 6.62. The largest absolute Gasteiger partial charge is 0.398 e. The van der Waals surface area contributed by atoms with E-state index in [0.717, 1.165) is 61.9 Å². The Morgan fingerprint density at radius 2 is 1.77 bits per heavy atom. The Kier molecular flexibility index (Phi) is 6.44. The molecule has 0 spiro atoms. The quantitative estimate of drug-likeness (QED) is 0.545. The molecule has 1 atom stereocenters. The lowest BCUT2D eigenvalue weighted by Crippen LogP contribution is -2.48. The number of carbonyl (C=O) groups excluding carboxylic acids is 1. The van der Waals surface area contributed by atoms with Crippen molar-refractivity contribution in [3.8, 4) is 0 Å². The number of benzene rings is 2. The van der Waals surface area contributed by atoms with E-state index in [4.69, 9.17) is 5.73 Å². The number of rotatable bonds is 6. The van der Waals surface area contributed by atoms with Crippen LogP contribution >= 0.6 is 0 Å². The average Bonchev–Trinajstić information content (AvgIpc) is 3.11. The van der Waals surface area contributed by atoms with E-state index in [1.165, 1.54) is 0 Å². The molecule has 1 fully saturated rings. The number of carbonyl (C=O) groups is 1. The molecule has 1 unspecified atom stereocenters. The molecule has 0 radical (unpaired) electrons. The molecule has 2 aromatic carbocycles. The van der Waals surface area contributed by atoms with Crippen molar-refractivity contribution >= 4 is 28.4 Å². The molecule has 1 amide bonds. The van der Waals surface area contributed by atoms with Gasteiger partial charge in [0.1, 0.15) is 5.84 Å². The fourth-order valence-electron chi connectivity index (χ4n) is 3.85. The molecule has 0 bridgehead atoms. The molecule has 2 heterocycles. The summed E-state index contributed by atoms with van der Waals surface area (Å²) in [4.78, 5) is 17.7. The molecular formula is C22H27N5O2S. The van der Waals surface area contributed by atoms with Crippen LogP contribution in [0.5, 0.6) is 0 Å². The van der Waals surface area contributed by atoms with Crippen LogP contribution in [-0.4, -0.2) is 65.0 Å². The zero-order valence-corrected chi connectivity index (χ0v) is 17.7. The van der Waals surface area contributed by atoms with Crippen LogP contribution in [0.4, 0.5) is 5.69 Å². The molecule has 0 aliphatic carbocycles. The van der Waals surface area contributed by atoms with E-state index in [1.807, 2.05) is 36.4 Å². The Bertz CT molecular complexity index is 970. The lowest BCUT2D eigenvalue weighted by atomic mass is 10.1. The molecule has 2 aromatic rings. The second-order valence-electron chi connectivity index (χ2n) is 7.54. The van der Waals surface area contributed by atoms with Gasteiger partial charge in [-0.2, -0.15) is 4.40 Å². The Hall–Kier alpha value is -2.71. The van der Waals surface area contributed by atoms with Gasteiger partial charge in [0.15, 0.2) is 11.0 Å². The summed E-state index contributed by atoms with van der Waals surface area (Å²) < 4.78 is 16.6. The van der Waals surface area contributed by atoms with Crippen LogP contribution in [0.1, 0.15) is 28.8 Å². The van der Waals surface area contributed by atoms with Crippen LogP contribution in [-0.2, 0) is 11.0 Å². The molecule has 3 N–H and O–H groups in total. The number of nitrogen functional groups attached to an aromatic ring is 1. The number of hydrogen-bond acceptors (Lipinski definition) is 5. The standard InChI is InChI=1S/C22H27N5O2S/c23-19-9-3-1-7-17(19)22(28)24-11-5-6-12-26-13-15-27(16-14-26)21-18-8-2-4-10-20(18)30(29)25-21/h1-4,7-10H,5-6,11-16,23H2,(H,24,28). The summed E-state index contributed by atoms with van der Waals surface area (Å²) in [6.07, 6.45) is 1.95. The summed E-state index contributed by atoms with van der Waals surface area (Å²) in [6, 6.07) is 14.9. The number of unbranched alkanes of at least 4 members (excludes halogenated alkanes) is 1. The van der Waals surface area contributed by atoms with E-state index >= 15 is 0 Å². The highest BCUT2D eigenvalue weighted by molar-refractivity contribution is 7.84. The molecule has 4 rings (SSSR count). The van der Waals surface area contributed by atoms with Crippen molar-refractivity contribution in [1.29, 1.82) is 0 Å². The fraction of sp³-hybridized carbons (Fsp3) is 0.364. The second-order valence-corrected chi connectivity index (χ2v) is 8.66. The summed E-state index contributed by atoms with van der Waals surface area (Å²) in [5, 5.41) is 2.94. The summed E-state index contributed by atoms with van der Waals surface area (Å²) >= 11 is 0. The van der Waals surface area contributed by atoms with E-state index in [-0.39, 0.29) is 5.91 Å². The van der Waals surface area contributed by atoms with E-state index < -0.39 is 11.0 Å². The SMILES string of the molecule is Nc1ccccc1C(=O)NCCCCN1CCN(C2=NS(=O)c3ccccc32)CC1. The number of amides is 1. The molecule has 7 nitrogen and oxygen atoms in total. The normalized spacial score (nSPS) is 18.7. The van der Waals surface area contributed by atoms with Crippen molar-refractivity contribution in [2.45, 2.75) is 17.7 Å². The van der Waals surface area contributed by atoms with Crippen molar-refractivity contribution in [1.82, 2.24) is 15.1 Å². The van der Waals surface area contributed by atoms with Gasteiger partial charge in [0.2, 0.25) is 0 Å². The highest BCUT2D eigenvalue weighted by Crippen LogP contribution is 2.25. The highest BCUT2D eigenvalue weighted by Gasteiger charge is 2.28. The third kappa shape index (κ3) is 4.55. The Balaban J connectivity index is 1.17. The average molecular weight is 426 g/mol. The minimum Gasteiger partial charge on any atom is -0.398 e. The van der Waals surface area contributed by atoms with Crippen LogP contribution in [0, 0.1) is 0 Å². The smallest absolute Gasteiger partial charge is 0.253 e. The number of fused-ring (bicyclic) bond motifs is 1. The molecule has 158 valence electrons. The van der Waals surface area contributed by atoms with Crippen molar-refractivity contribution < 1.29 is 9.00 Å². The number of para-hydroxylation sites is 1. The molecular weight excluding hydrogens is 398 g/mol. The van der Waals surface area contributed by atoms with Gasteiger partial charge in [-0.1, -0.05) is 24.3 Å². The lowest BCUT2D eigenvalue weighted by molar-refractivity contribution is 0.0953. The number of piperazine rings is 1. The molecule has 0 aromatic heterocycles. The molecule has 30 heavy (non-hydrogen) atoms.